The molecule has 0 spiro atoms. The quantitative estimate of drug-likeness (QED) is 0.533. The molecule has 0 saturated heterocycles. The molecule has 12 heavy (non-hydrogen) atoms. The van der Waals surface area contributed by atoms with Gasteiger partial charge >= 0.3 is 0 Å². The van der Waals surface area contributed by atoms with Crippen molar-refractivity contribution in [3.05, 3.63) is 17.5 Å². The van der Waals surface area contributed by atoms with Crippen LogP contribution in [0.4, 0.5) is 5.95 Å². The third-order valence-corrected chi connectivity index (χ3v) is 1.78. The van der Waals surface area contributed by atoms with Crippen molar-refractivity contribution in [1.29, 1.82) is 0 Å². The number of nitrogen functional groups attached to an aromatic ring is 1. The van der Waals surface area contributed by atoms with Gasteiger partial charge in [0, 0.05) is 19.2 Å². The molecule has 1 aliphatic heterocycles. The zero-order valence-electron chi connectivity index (χ0n) is 6.37. The van der Waals surface area contributed by atoms with Crippen molar-refractivity contribution in [1.82, 2.24) is 15.3 Å². The fourth-order valence-corrected chi connectivity index (χ4v) is 1.20. The van der Waals surface area contributed by atoms with Crippen molar-refractivity contribution in [3.63, 3.8) is 0 Å². The van der Waals surface area contributed by atoms with Crippen LogP contribution in [0.3, 0.4) is 0 Å². The molecule has 2 heterocycles. The summed E-state index contributed by atoms with van der Waals surface area (Å²) in [6.07, 6.45) is 2.19. The van der Waals surface area contributed by atoms with Crippen LogP contribution in [0.5, 0.6) is 0 Å². The normalized spacial score (nSPS) is 15.2. The number of anilines is 1. The Labute approximate surface area is 69.0 Å². The summed E-state index contributed by atoms with van der Waals surface area (Å²) < 4.78 is 0. The topological polar surface area (TPSA) is 80.9 Å². The highest BCUT2D eigenvalue weighted by Gasteiger charge is 2.17. The molecule has 3 N–H and O–H groups in total. The number of rotatable bonds is 0. The van der Waals surface area contributed by atoms with E-state index >= 15 is 0 Å². The Balaban J connectivity index is 2.53. The highest BCUT2D eigenvalue weighted by molar-refractivity contribution is 5.95. The molecular formula is C7H8N4O. The van der Waals surface area contributed by atoms with Gasteiger partial charge in [-0.3, -0.25) is 4.79 Å². The monoisotopic (exact) mass is 164 g/mol. The van der Waals surface area contributed by atoms with Gasteiger partial charge in [-0.1, -0.05) is 0 Å². The summed E-state index contributed by atoms with van der Waals surface area (Å²) in [5.74, 6) is 0.111. The molecule has 0 unspecified atom stereocenters. The summed E-state index contributed by atoms with van der Waals surface area (Å²) in [6, 6.07) is 0. The van der Waals surface area contributed by atoms with Gasteiger partial charge in [0.05, 0.1) is 11.3 Å². The van der Waals surface area contributed by atoms with Gasteiger partial charge in [0.15, 0.2) is 0 Å². The molecule has 2 rings (SSSR count). The highest BCUT2D eigenvalue weighted by atomic mass is 16.1. The van der Waals surface area contributed by atoms with Crippen LogP contribution in [-0.2, 0) is 6.42 Å². The van der Waals surface area contributed by atoms with Crippen LogP contribution in [0, 0.1) is 0 Å². The van der Waals surface area contributed by atoms with Crippen molar-refractivity contribution in [2.45, 2.75) is 6.42 Å². The molecule has 5 heteroatoms. The van der Waals surface area contributed by atoms with Gasteiger partial charge < -0.3 is 11.1 Å². The molecule has 0 radical (unpaired) electrons. The zero-order chi connectivity index (χ0) is 8.55. The lowest BCUT2D eigenvalue weighted by atomic mass is 10.1. The molecule has 1 amide bonds. The lowest BCUT2D eigenvalue weighted by Gasteiger charge is -2.14. The molecular weight excluding hydrogens is 156 g/mol. The average Bonchev–Trinajstić information content (AvgIpc) is 2.04. The summed E-state index contributed by atoms with van der Waals surface area (Å²) >= 11 is 0. The smallest absolute Gasteiger partial charge is 0.254 e. The number of hydrogen-bond donors (Lipinski definition) is 2. The van der Waals surface area contributed by atoms with Crippen LogP contribution in [-0.4, -0.2) is 22.4 Å². The number of amides is 1. The van der Waals surface area contributed by atoms with Crippen LogP contribution in [0.1, 0.15) is 16.1 Å². The van der Waals surface area contributed by atoms with Crippen molar-refractivity contribution in [3.8, 4) is 0 Å². The minimum absolute atomic E-state index is 0.115. The summed E-state index contributed by atoms with van der Waals surface area (Å²) in [4.78, 5) is 18.9. The second-order valence-electron chi connectivity index (χ2n) is 2.59. The van der Waals surface area contributed by atoms with E-state index in [1.807, 2.05) is 0 Å². The second kappa shape index (κ2) is 2.44. The lowest BCUT2D eigenvalue weighted by molar-refractivity contribution is 0.0944. The first-order valence-electron chi connectivity index (χ1n) is 3.67. The fraction of sp³-hybridized carbons (Fsp3) is 0.286. The van der Waals surface area contributed by atoms with E-state index in [0.29, 0.717) is 12.1 Å². The number of carbonyl (C=O) groups excluding carboxylic acids is 1. The Morgan fingerprint density at radius 2 is 2.42 bits per heavy atom. The van der Waals surface area contributed by atoms with Crippen LogP contribution in [0.2, 0.25) is 0 Å². The summed E-state index contributed by atoms with van der Waals surface area (Å²) in [6.45, 7) is 0.627. The Hall–Kier alpha value is -1.65. The predicted octanol–water partition coefficient (Wildman–Crippen LogP) is -0.655. The second-order valence-corrected chi connectivity index (χ2v) is 2.59. The molecule has 1 aromatic heterocycles. The number of aromatic nitrogens is 2. The lowest BCUT2D eigenvalue weighted by Crippen LogP contribution is -2.32. The number of nitrogens with two attached hydrogens (primary N) is 1. The van der Waals surface area contributed by atoms with Gasteiger partial charge in [-0.2, -0.15) is 0 Å². The molecule has 0 bridgehead atoms. The number of nitrogens with zero attached hydrogens (tertiary/aromatic N) is 2. The third-order valence-electron chi connectivity index (χ3n) is 1.78. The molecule has 0 atom stereocenters. The first kappa shape index (κ1) is 7.02. The molecule has 0 aromatic carbocycles. The van der Waals surface area contributed by atoms with Crippen LogP contribution in [0.15, 0.2) is 6.20 Å². The standard InChI is InChI=1S/C7H8N4O/c8-7-10-3-4-5(11-7)1-2-9-6(4)12/h3H,1-2H2,(H,9,12)(H2,8,10,11). The Morgan fingerprint density at radius 1 is 1.58 bits per heavy atom. The number of hydrogen-bond acceptors (Lipinski definition) is 4. The maximum Gasteiger partial charge on any atom is 0.254 e. The first-order valence-corrected chi connectivity index (χ1v) is 3.67. The summed E-state index contributed by atoms with van der Waals surface area (Å²) in [5.41, 5.74) is 6.65. The largest absolute Gasteiger partial charge is 0.368 e. The van der Waals surface area contributed by atoms with E-state index < -0.39 is 0 Å². The molecule has 1 aliphatic rings. The van der Waals surface area contributed by atoms with E-state index in [4.69, 9.17) is 5.73 Å². The summed E-state index contributed by atoms with van der Waals surface area (Å²) in [7, 11) is 0. The number of carbonyl (C=O) groups is 1. The fourth-order valence-electron chi connectivity index (χ4n) is 1.20. The van der Waals surface area contributed by atoms with Crippen molar-refractivity contribution >= 4 is 11.9 Å². The maximum absolute atomic E-state index is 11.2. The molecule has 1 aromatic rings. The van der Waals surface area contributed by atoms with Crippen molar-refractivity contribution in [2.24, 2.45) is 0 Å². The molecule has 0 aliphatic carbocycles. The summed E-state index contributed by atoms with van der Waals surface area (Å²) in [5, 5.41) is 2.70. The van der Waals surface area contributed by atoms with Gasteiger partial charge in [-0.05, 0) is 0 Å². The Bertz CT molecular complexity index is 336. The first-order chi connectivity index (χ1) is 5.77. The van der Waals surface area contributed by atoms with Crippen molar-refractivity contribution < 1.29 is 4.79 Å². The van der Waals surface area contributed by atoms with Crippen LogP contribution >= 0.6 is 0 Å². The van der Waals surface area contributed by atoms with Crippen LogP contribution in [0.25, 0.3) is 0 Å². The van der Waals surface area contributed by atoms with E-state index in [0.717, 1.165) is 12.1 Å². The molecule has 0 saturated carbocycles. The Kier molecular flexibility index (Phi) is 1.43. The van der Waals surface area contributed by atoms with Crippen LogP contribution < -0.4 is 11.1 Å². The van der Waals surface area contributed by atoms with E-state index in [9.17, 15) is 4.79 Å². The van der Waals surface area contributed by atoms with Gasteiger partial charge in [-0.15, -0.1) is 0 Å². The Morgan fingerprint density at radius 3 is 3.25 bits per heavy atom. The van der Waals surface area contributed by atoms with E-state index in [1.54, 1.807) is 0 Å². The van der Waals surface area contributed by atoms with E-state index in [-0.39, 0.29) is 11.9 Å². The van der Waals surface area contributed by atoms with Gasteiger partial charge in [0.25, 0.3) is 5.91 Å². The van der Waals surface area contributed by atoms with Gasteiger partial charge in [0.2, 0.25) is 5.95 Å². The average molecular weight is 164 g/mol. The SMILES string of the molecule is Nc1ncc2c(n1)CCNC2=O. The van der Waals surface area contributed by atoms with E-state index in [1.165, 1.54) is 6.20 Å². The number of fused-ring (bicyclic) bond motifs is 1. The predicted molar refractivity (Wildman–Crippen MR) is 42.5 cm³/mol. The molecule has 62 valence electrons. The minimum atomic E-state index is -0.115. The zero-order valence-corrected chi connectivity index (χ0v) is 6.37. The maximum atomic E-state index is 11.2. The third kappa shape index (κ3) is 0.990. The van der Waals surface area contributed by atoms with E-state index in [2.05, 4.69) is 15.3 Å². The van der Waals surface area contributed by atoms with Gasteiger partial charge in [-0.25, -0.2) is 9.97 Å². The molecule has 0 fully saturated rings. The van der Waals surface area contributed by atoms with Gasteiger partial charge in [0.1, 0.15) is 0 Å². The highest BCUT2D eigenvalue weighted by Crippen LogP contribution is 2.10. The minimum Gasteiger partial charge on any atom is -0.368 e. The number of nitrogens with one attached hydrogen (secondary N) is 1. The molecule has 5 nitrogen and oxygen atoms in total. The van der Waals surface area contributed by atoms with Crippen molar-refractivity contribution in [2.75, 3.05) is 12.3 Å².